The molecule has 3 rings (SSSR count). The Balaban J connectivity index is 0.000000509. The molecule has 1 saturated carbocycles. The molecule has 0 spiro atoms. The molecule has 0 radical (unpaired) electrons. The molecule has 0 aliphatic heterocycles. The molecule has 1 fully saturated rings. The van der Waals surface area contributed by atoms with Crippen LogP contribution in [-0.2, 0) is 4.79 Å². The Hall–Kier alpha value is -3.01. The molecule has 188 valence electrons. The van der Waals surface area contributed by atoms with Gasteiger partial charge < -0.3 is 25.1 Å². The lowest BCUT2D eigenvalue weighted by molar-refractivity contribution is -0.192. The Morgan fingerprint density at radius 3 is 2.12 bits per heavy atom. The number of carboxylic acid groups (broad SMARTS) is 1. The van der Waals surface area contributed by atoms with Crippen LogP contribution < -0.4 is 10.6 Å². The second kappa shape index (κ2) is 11.4. The van der Waals surface area contributed by atoms with Crippen LogP contribution in [0.15, 0.2) is 34.9 Å². The topological polar surface area (TPSA) is 100 Å². The summed E-state index contributed by atoms with van der Waals surface area (Å²) in [6, 6.07) is 8.91. The smallest absolute Gasteiger partial charge is 0.475 e. The average molecular weight is 484 g/mol. The van der Waals surface area contributed by atoms with Crippen LogP contribution in [0.25, 0.3) is 11.3 Å². The van der Waals surface area contributed by atoms with Crippen molar-refractivity contribution in [1.82, 2.24) is 4.90 Å². The number of benzene rings is 1. The number of hydrogen-bond donors (Lipinski definition) is 2. The van der Waals surface area contributed by atoms with Gasteiger partial charge in [-0.3, -0.25) is 4.79 Å². The van der Waals surface area contributed by atoms with Gasteiger partial charge >= 0.3 is 12.1 Å². The number of halogens is 3. The van der Waals surface area contributed by atoms with E-state index in [1.807, 2.05) is 25.1 Å². The third-order valence-electron chi connectivity index (χ3n) is 6.18. The largest absolute Gasteiger partial charge is 0.490 e. The highest BCUT2D eigenvalue weighted by atomic mass is 19.4. The summed E-state index contributed by atoms with van der Waals surface area (Å²) < 4.78 is 37.3. The molecule has 0 atom stereocenters. The molecule has 34 heavy (non-hydrogen) atoms. The number of primary amides is 1. The van der Waals surface area contributed by atoms with E-state index in [0.717, 1.165) is 42.0 Å². The zero-order valence-electron chi connectivity index (χ0n) is 19.9. The van der Waals surface area contributed by atoms with Gasteiger partial charge in [-0.1, -0.05) is 0 Å². The van der Waals surface area contributed by atoms with Crippen molar-refractivity contribution in [3.8, 4) is 11.3 Å². The third kappa shape index (κ3) is 6.75. The molecule has 7 nitrogen and oxygen atoms in total. The van der Waals surface area contributed by atoms with Gasteiger partial charge in [-0.05, 0) is 83.5 Å². The Morgan fingerprint density at radius 2 is 1.71 bits per heavy atom. The normalized spacial score (nSPS) is 18.2. The quantitative estimate of drug-likeness (QED) is 0.619. The molecule has 1 amide bonds. The number of carbonyl (C=O) groups excluding carboxylic acids is 1. The van der Waals surface area contributed by atoms with E-state index in [9.17, 15) is 18.0 Å². The highest BCUT2D eigenvalue weighted by Crippen LogP contribution is 2.35. The van der Waals surface area contributed by atoms with E-state index >= 15 is 0 Å². The minimum Gasteiger partial charge on any atom is -0.475 e. The highest BCUT2D eigenvalue weighted by molar-refractivity contribution is 5.97. The minimum atomic E-state index is -5.08. The first-order valence-electron chi connectivity index (χ1n) is 11.1. The van der Waals surface area contributed by atoms with Crippen LogP contribution in [0.5, 0.6) is 0 Å². The number of anilines is 1. The van der Waals surface area contributed by atoms with Gasteiger partial charge in [-0.25, -0.2) is 4.79 Å². The predicted molar refractivity (Wildman–Crippen MR) is 124 cm³/mol. The van der Waals surface area contributed by atoms with Crippen LogP contribution in [0.2, 0.25) is 0 Å². The van der Waals surface area contributed by atoms with E-state index in [-0.39, 0.29) is 0 Å². The Morgan fingerprint density at radius 1 is 1.15 bits per heavy atom. The molecule has 10 heteroatoms. The molecule has 0 bridgehead atoms. The first-order valence-corrected chi connectivity index (χ1v) is 11.1. The molecule has 1 heterocycles. The van der Waals surface area contributed by atoms with Gasteiger partial charge in [-0.15, -0.1) is 0 Å². The zero-order valence-corrected chi connectivity index (χ0v) is 19.9. The number of nitrogens with zero attached hydrogens (tertiary/aromatic N) is 2. The number of hydrogen-bond acceptors (Lipinski definition) is 5. The lowest BCUT2D eigenvalue weighted by atomic mass is 9.88. The monoisotopic (exact) mass is 483 g/mol. The van der Waals surface area contributed by atoms with Gasteiger partial charge in [0.15, 0.2) is 0 Å². The molecule has 2 aromatic rings. The van der Waals surface area contributed by atoms with Crippen molar-refractivity contribution in [1.29, 1.82) is 0 Å². The number of carboxylic acids is 1. The van der Waals surface area contributed by atoms with Crippen LogP contribution in [0, 0.1) is 6.92 Å². The Kier molecular flexibility index (Phi) is 9.14. The lowest BCUT2D eigenvalue weighted by Gasteiger charge is -2.40. The fourth-order valence-corrected chi connectivity index (χ4v) is 4.35. The maximum absolute atomic E-state index is 12.1. The van der Waals surface area contributed by atoms with E-state index < -0.39 is 18.1 Å². The second-order valence-electron chi connectivity index (χ2n) is 8.52. The van der Waals surface area contributed by atoms with Gasteiger partial charge in [0.2, 0.25) is 5.91 Å². The van der Waals surface area contributed by atoms with Crippen molar-refractivity contribution in [2.45, 2.75) is 57.8 Å². The number of aliphatic carboxylic acids is 1. The number of amides is 1. The number of alkyl halides is 3. The van der Waals surface area contributed by atoms with E-state index in [0.29, 0.717) is 17.6 Å². The van der Waals surface area contributed by atoms with Crippen LogP contribution in [0.1, 0.15) is 48.5 Å². The van der Waals surface area contributed by atoms with Crippen molar-refractivity contribution in [3.05, 3.63) is 41.7 Å². The number of rotatable bonds is 6. The summed E-state index contributed by atoms with van der Waals surface area (Å²) in [5, 5.41) is 7.12. The maximum atomic E-state index is 12.1. The molecule has 0 unspecified atom stereocenters. The van der Waals surface area contributed by atoms with E-state index in [4.69, 9.17) is 20.1 Å². The van der Waals surface area contributed by atoms with Gasteiger partial charge in [0.1, 0.15) is 5.76 Å². The van der Waals surface area contributed by atoms with E-state index in [1.54, 1.807) is 6.26 Å². The van der Waals surface area contributed by atoms with Crippen molar-refractivity contribution < 1.29 is 32.3 Å². The van der Waals surface area contributed by atoms with Crippen LogP contribution in [0.4, 0.5) is 18.9 Å². The van der Waals surface area contributed by atoms with Crippen molar-refractivity contribution in [3.63, 3.8) is 0 Å². The summed E-state index contributed by atoms with van der Waals surface area (Å²) in [6.07, 6.45) is 1.29. The van der Waals surface area contributed by atoms with Crippen molar-refractivity contribution >= 4 is 17.6 Å². The first kappa shape index (κ1) is 27.2. The lowest BCUT2D eigenvalue weighted by Crippen LogP contribution is -2.42. The third-order valence-corrected chi connectivity index (χ3v) is 6.18. The molecular formula is C24H32F3N3O4. The molecule has 1 aromatic heterocycles. The van der Waals surface area contributed by atoms with Gasteiger partial charge in [0.05, 0.1) is 6.26 Å². The second-order valence-corrected chi connectivity index (χ2v) is 8.52. The van der Waals surface area contributed by atoms with Gasteiger partial charge in [-0.2, -0.15) is 13.2 Å². The zero-order chi connectivity index (χ0) is 25.6. The fraction of sp³-hybridized carbons (Fsp3) is 0.500. The Bertz CT molecular complexity index is 967. The standard InChI is InChI=1S/C22H31N3O2.C2HF3O2/c1-5-25(18-10-8-17(9-11-18)24(3)4)20-14-16(21-7-6-12-27-21)13-19(15(20)2)22(23)26;3-2(4,5)1(6)7/h6-7,12-14,17-18H,5,8-11H2,1-4H3,(H2,23,26);(H,6,7). The SMILES string of the molecule is CCN(c1cc(-c2ccco2)cc(C(N)=O)c1C)C1CCC(N(C)C)CC1.O=C(O)C(F)(F)F. The summed E-state index contributed by atoms with van der Waals surface area (Å²) in [7, 11) is 4.33. The number of carbonyl (C=O) groups is 2. The summed E-state index contributed by atoms with van der Waals surface area (Å²) in [5.74, 6) is -2.40. The van der Waals surface area contributed by atoms with Crippen molar-refractivity contribution in [2.24, 2.45) is 5.73 Å². The summed E-state index contributed by atoms with van der Waals surface area (Å²) >= 11 is 0. The van der Waals surface area contributed by atoms with Crippen LogP contribution in [0.3, 0.4) is 0 Å². The van der Waals surface area contributed by atoms with E-state index in [1.165, 1.54) is 12.8 Å². The molecule has 3 N–H and O–H groups in total. The summed E-state index contributed by atoms with van der Waals surface area (Å²) in [5.41, 5.74) is 9.19. The minimum absolute atomic E-state index is 0.394. The Labute approximate surface area is 197 Å². The fourth-order valence-electron chi connectivity index (χ4n) is 4.35. The summed E-state index contributed by atoms with van der Waals surface area (Å²) in [6.45, 7) is 5.08. The van der Waals surface area contributed by atoms with Crippen LogP contribution >= 0.6 is 0 Å². The van der Waals surface area contributed by atoms with Gasteiger partial charge in [0.25, 0.3) is 0 Å². The number of furan rings is 1. The maximum Gasteiger partial charge on any atom is 0.490 e. The molecule has 1 aliphatic carbocycles. The molecule has 1 aliphatic rings. The van der Waals surface area contributed by atoms with E-state index in [2.05, 4.69) is 36.9 Å². The van der Waals surface area contributed by atoms with Gasteiger partial charge in [0, 0.05) is 35.4 Å². The average Bonchev–Trinajstić information content (AvgIpc) is 3.30. The van der Waals surface area contributed by atoms with Crippen LogP contribution in [-0.4, -0.2) is 60.8 Å². The molecule has 1 aromatic carbocycles. The first-order chi connectivity index (χ1) is 15.9. The number of nitrogens with two attached hydrogens (primary N) is 1. The molecular weight excluding hydrogens is 451 g/mol. The van der Waals surface area contributed by atoms with Crippen molar-refractivity contribution in [2.75, 3.05) is 25.5 Å². The molecule has 0 saturated heterocycles. The predicted octanol–water partition coefficient (Wildman–Crippen LogP) is 4.69. The highest BCUT2D eigenvalue weighted by Gasteiger charge is 2.38. The summed E-state index contributed by atoms with van der Waals surface area (Å²) in [4.78, 5) is 25.7.